The Balaban J connectivity index is 1.76. The van der Waals surface area contributed by atoms with Crippen LogP contribution >= 0.6 is 11.3 Å². The highest BCUT2D eigenvalue weighted by atomic mass is 32.1. The van der Waals surface area contributed by atoms with E-state index in [0.29, 0.717) is 11.8 Å². The van der Waals surface area contributed by atoms with Crippen molar-refractivity contribution in [1.29, 1.82) is 0 Å². The number of rotatable bonds is 2. The first kappa shape index (κ1) is 13.9. The molecule has 1 N–H and O–H groups in total. The second kappa shape index (κ2) is 5.18. The smallest absolute Gasteiger partial charge is 0.173 e. The van der Waals surface area contributed by atoms with Crippen molar-refractivity contribution in [2.75, 3.05) is 20.8 Å². The molecule has 4 nitrogen and oxygen atoms in total. The van der Waals surface area contributed by atoms with Crippen LogP contribution in [-0.4, -0.2) is 30.8 Å². The molecule has 2 aliphatic rings. The van der Waals surface area contributed by atoms with Gasteiger partial charge in [-0.3, -0.25) is 4.90 Å². The van der Waals surface area contributed by atoms with Crippen LogP contribution in [0.1, 0.15) is 27.6 Å². The van der Waals surface area contributed by atoms with Gasteiger partial charge in [-0.25, -0.2) is 0 Å². The average Bonchev–Trinajstić information content (AvgIpc) is 2.97. The molecule has 2 aliphatic heterocycles. The lowest BCUT2D eigenvalue weighted by atomic mass is 9.88. The summed E-state index contributed by atoms with van der Waals surface area (Å²) in [6.07, 6.45) is 2.02. The number of phenolic OH excluding ortho intramolecular Hbond substituents is 1. The van der Waals surface area contributed by atoms with Crippen LogP contribution in [0.5, 0.6) is 16.6 Å². The Labute approximate surface area is 133 Å². The molecule has 1 atom stereocenters. The number of ether oxygens (including phenoxy) is 2. The van der Waals surface area contributed by atoms with Gasteiger partial charge in [0.1, 0.15) is 0 Å². The van der Waals surface area contributed by atoms with E-state index in [4.69, 9.17) is 9.47 Å². The summed E-state index contributed by atoms with van der Waals surface area (Å²) in [5, 5.41) is 11.0. The predicted molar refractivity (Wildman–Crippen MR) is 86.1 cm³/mol. The van der Waals surface area contributed by atoms with Gasteiger partial charge >= 0.3 is 0 Å². The van der Waals surface area contributed by atoms with Crippen LogP contribution in [0.15, 0.2) is 18.2 Å². The maximum absolute atomic E-state index is 10.00. The fraction of sp³-hybridized carbons (Fsp3) is 0.412. The monoisotopic (exact) mass is 317 g/mol. The number of fused-ring (bicyclic) bond motifs is 4. The summed E-state index contributed by atoms with van der Waals surface area (Å²) in [6.45, 7) is 1.87. The molecule has 1 aromatic carbocycles. The quantitative estimate of drug-likeness (QED) is 0.924. The standard InChI is InChI=1S/C17H19NO3S/c1-20-15-8-11-5-6-18-9-12-10(7-13(18)17(11)22-15)3-4-14(19)16(12)21-2/h3-4,8,13,19H,5-7,9H2,1-2H3. The number of aromatic hydroxyl groups is 1. The van der Waals surface area contributed by atoms with Crippen molar-refractivity contribution in [3.8, 4) is 16.6 Å². The summed E-state index contributed by atoms with van der Waals surface area (Å²) in [6, 6.07) is 6.37. The van der Waals surface area contributed by atoms with E-state index in [-0.39, 0.29) is 5.75 Å². The molecule has 1 unspecified atom stereocenters. The van der Waals surface area contributed by atoms with E-state index in [1.165, 1.54) is 16.0 Å². The van der Waals surface area contributed by atoms with E-state index in [1.807, 2.05) is 6.07 Å². The van der Waals surface area contributed by atoms with Crippen LogP contribution in [-0.2, 0) is 19.4 Å². The third-order valence-corrected chi connectivity index (χ3v) is 5.99. The molecule has 5 heteroatoms. The van der Waals surface area contributed by atoms with Gasteiger partial charge in [0.25, 0.3) is 0 Å². The fourth-order valence-electron chi connectivity index (χ4n) is 3.65. The Morgan fingerprint density at radius 2 is 2.09 bits per heavy atom. The van der Waals surface area contributed by atoms with Gasteiger partial charge in [-0.1, -0.05) is 6.07 Å². The number of hydrogen-bond donors (Lipinski definition) is 1. The van der Waals surface area contributed by atoms with Crippen molar-refractivity contribution < 1.29 is 14.6 Å². The van der Waals surface area contributed by atoms with Crippen LogP contribution in [0.25, 0.3) is 0 Å². The predicted octanol–water partition coefficient (Wildman–Crippen LogP) is 3.13. The first-order chi connectivity index (χ1) is 10.7. The summed E-state index contributed by atoms with van der Waals surface area (Å²) in [7, 11) is 3.36. The SMILES string of the molecule is COc1cc2c(s1)C1Cc3ccc(O)c(OC)c3CN1CC2. The summed E-state index contributed by atoms with van der Waals surface area (Å²) in [5.41, 5.74) is 3.83. The van der Waals surface area contributed by atoms with Crippen molar-refractivity contribution in [3.63, 3.8) is 0 Å². The zero-order chi connectivity index (χ0) is 15.3. The molecule has 3 heterocycles. The number of methoxy groups -OCH3 is 2. The summed E-state index contributed by atoms with van der Waals surface area (Å²) in [4.78, 5) is 3.92. The van der Waals surface area contributed by atoms with Gasteiger partial charge in [-0.2, -0.15) is 0 Å². The Morgan fingerprint density at radius 1 is 1.23 bits per heavy atom. The van der Waals surface area contributed by atoms with E-state index < -0.39 is 0 Å². The number of benzene rings is 1. The molecule has 2 aromatic rings. The number of nitrogens with zero attached hydrogens (tertiary/aromatic N) is 1. The van der Waals surface area contributed by atoms with Crippen molar-refractivity contribution >= 4 is 11.3 Å². The van der Waals surface area contributed by atoms with Gasteiger partial charge in [0.05, 0.1) is 14.2 Å². The molecule has 0 fully saturated rings. The average molecular weight is 317 g/mol. The third kappa shape index (κ3) is 2.00. The highest BCUT2D eigenvalue weighted by Crippen LogP contribution is 2.46. The lowest BCUT2D eigenvalue weighted by Gasteiger charge is -2.40. The molecule has 0 aliphatic carbocycles. The normalized spacial score (nSPS) is 20.0. The lowest BCUT2D eigenvalue weighted by molar-refractivity contribution is 0.161. The molecular weight excluding hydrogens is 298 g/mol. The molecule has 22 heavy (non-hydrogen) atoms. The van der Waals surface area contributed by atoms with E-state index in [1.54, 1.807) is 31.6 Å². The van der Waals surface area contributed by atoms with Crippen molar-refractivity contribution in [1.82, 2.24) is 4.90 Å². The second-order valence-corrected chi connectivity index (χ2v) is 6.90. The van der Waals surface area contributed by atoms with Crippen LogP contribution in [0.2, 0.25) is 0 Å². The lowest BCUT2D eigenvalue weighted by Crippen LogP contribution is -2.38. The second-order valence-electron chi connectivity index (χ2n) is 5.86. The summed E-state index contributed by atoms with van der Waals surface area (Å²) in [5.74, 6) is 0.862. The Kier molecular flexibility index (Phi) is 3.27. The minimum absolute atomic E-state index is 0.232. The van der Waals surface area contributed by atoms with Crippen LogP contribution in [0.4, 0.5) is 0 Å². The van der Waals surface area contributed by atoms with Crippen molar-refractivity contribution in [2.24, 2.45) is 0 Å². The molecule has 0 bridgehead atoms. The molecule has 0 radical (unpaired) electrons. The molecule has 116 valence electrons. The Bertz CT molecular complexity index is 725. The van der Waals surface area contributed by atoms with Crippen LogP contribution < -0.4 is 9.47 Å². The van der Waals surface area contributed by atoms with Crippen LogP contribution in [0.3, 0.4) is 0 Å². The fourth-order valence-corrected chi connectivity index (χ4v) is 4.81. The molecule has 0 amide bonds. The molecule has 0 spiro atoms. The molecule has 0 saturated heterocycles. The summed E-state index contributed by atoms with van der Waals surface area (Å²) >= 11 is 1.76. The van der Waals surface area contributed by atoms with Crippen LogP contribution in [0, 0.1) is 0 Å². The van der Waals surface area contributed by atoms with Gasteiger partial charge in [0, 0.05) is 29.6 Å². The van der Waals surface area contributed by atoms with Crippen molar-refractivity contribution in [2.45, 2.75) is 25.4 Å². The first-order valence-electron chi connectivity index (χ1n) is 7.49. The Hall–Kier alpha value is -1.72. The zero-order valence-corrected chi connectivity index (χ0v) is 13.6. The topological polar surface area (TPSA) is 41.9 Å². The van der Waals surface area contributed by atoms with Gasteiger partial charge in [-0.15, -0.1) is 11.3 Å². The van der Waals surface area contributed by atoms with E-state index in [0.717, 1.165) is 36.6 Å². The molecule has 4 rings (SSSR count). The first-order valence-corrected chi connectivity index (χ1v) is 8.31. The Morgan fingerprint density at radius 3 is 2.86 bits per heavy atom. The van der Waals surface area contributed by atoms with Gasteiger partial charge < -0.3 is 14.6 Å². The van der Waals surface area contributed by atoms with Crippen molar-refractivity contribution in [3.05, 3.63) is 39.8 Å². The van der Waals surface area contributed by atoms with E-state index in [2.05, 4.69) is 11.0 Å². The maximum Gasteiger partial charge on any atom is 0.173 e. The highest BCUT2D eigenvalue weighted by Gasteiger charge is 2.35. The highest BCUT2D eigenvalue weighted by molar-refractivity contribution is 7.14. The van der Waals surface area contributed by atoms with E-state index >= 15 is 0 Å². The molecular formula is C17H19NO3S. The summed E-state index contributed by atoms with van der Waals surface area (Å²) < 4.78 is 10.8. The third-order valence-electron chi connectivity index (χ3n) is 4.75. The minimum Gasteiger partial charge on any atom is -0.504 e. The van der Waals surface area contributed by atoms with Gasteiger partial charge in [0.2, 0.25) is 0 Å². The number of phenols is 1. The maximum atomic E-state index is 10.00. The van der Waals surface area contributed by atoms with Gasteiger partial charge in [0.15, 0.2) is 16.6 Å². The van der Waals surface area contributed by atoms with Gasteiger partial charge in [-0.05, 0) is 36.1 Å². The minimum atomic E-state index is 0.232. The molecule has 1 aromatic heterocycles. The largest absolute Gasteiger partial charge is 0.504 e. The number of hydrogen-bond acceptors (Lipinski definition) is 5. The number of thiophene rings is 1. The zero-order valence-electron chi connectivity index (χ0n) is 12.8. The van der Waals surface area contributed by atoms with E-state index in [9.17, 15) is 5.11 Å². The molecule has 0 saturated carbocycles.